The minimum atomic E-state index is 0.145. The van der Waals surface area contributed by atoms with Gasteiger partial charge in [-0.15, -0.1) is 0 Å². The van der Waals surface area contributed by atoms with Gasteiger partial charge in [0.05, 0.1) is 0 Å². The Morgan fingerprint density at radius 3 is 2.36 bits per heavy atom. The summed E-state index contributed by atoms with van der Waals surface area (Å²) in [6, 6.07) is 0.620. The summed E-state index contributed by atoms with van der Waals surface area (Å²) in [6.07, 6.45) is 2.33. The quantitative estimate of drug-likeness (QED) is 0.720. The Hall–Kier alpha value is -0.380. The first-order chi connectivity index (χ1) is 6.65. The summed E-state index contributed by atoms with van der Waals surface area (Å²) in [5.74, 6) is 0. The van der Waals surface area contributed by atoms with Crippen molar-refractivity contribution in [3.05, 3.63) is 0 Å². The van der Waals surface area contributed by atoms with Gasteiger partial charge in [-0.1, -0.05) is 13.8 Å². The second kappa shape index (κ2) is 4.01. The number of carbonyl (C=O) groups excluding carboxylic acids is 1. The predicted molar refractivity (Wildman–Crippen MR) is 59.6 cm³/mol. The molecule has 2 aliphatic rings. The maximum Gasteiger partial charge on any atom is 0.317 e. The maximum absolute atomic E-state index is 11.7. The lowest BCUT2D eigenvalue weighted by molar-refractivity contribution is 0.196. The Morgan fingerprint density at radius 2 is 1.86 bits per heavy atom. The van der Waals surface area contributed by atoms with Crippen molar-refractivity contribution in [1.82, 2.24) is 10.2 Å². The number of hydrogen-bond donors (Lipinski definition) is 1. The monoisotopic (exact) mass is 214 g/mol. The Labute approximate surface area is 89.6 Å². The van der Waals surface area contributed by atoms with Crippen LogP contribution in [0.4, 0.5) is 4.79 Å². The lowest BCUT2D eigenvalue weighted by Gasteiger charge is -2.34. The van der Waals surface area contributed by atoms with Crippen LogP contribution in [0.3, 0.4) is 0 Å². The number of carbonyl (C=O) groups is 1. The van der Waals surface area contributed by atoms with E-state index in [2.05, 4.69) is 19.2 Å². The van der Waals surface area contributed by atoms with E-state index >= 15 is 0 Å². The highest BCUT2D eigenvalue weighted by atomic mass is 32.2. The third-order valence-corrected chi connectivity index (χ3v) is 3.84. The first-order valence-corrected chi connectivity index (χ1v) is 6.30. The van der Waals surface area contributed by atoms with Crippen molar-refractivity contribution in [1.29, 1.82) is 0 Å². The standard InChI is InChI=1S/C10H18N2OS/c1-7-5-12(6-8(2)14-7)10(13)11-9-3-4-9/h7-9H,3-6H2,1-2H3,(H,11,13). The van der Waals surface area contributed by atoms with Crippen molar-refractivity contribution >= 4 is 17.8 Å². The topological polar surface area (TPSA) is 32.3 Å². The second-order valence-corrected chi connectivity index (χ2v) is 6.27. The Balaban J connectivity index is 1.85. The molecule has 0 aromatic carbocycles. The van der Waals surface area contributed by atoms with E-state index in [0.717, 1.165) is 13.1 Å². The van der Waals surface area contributed by atoms with Gasteiger partial charge in [0.1, 0.15) is 0 Å². The van der Waals surface area contributed by atoms with Crippen LogP contribution in [0.1, 0.15) is 26.7 Å². The third-order valence-electron chi connectivity index (χ3n) is 2.61. The van der Waals surface area contributed by atoms with Gasteiger partial charge < -0.3 is 10.2 Å². The van der Waals surface area contributed by atoms with Crippen LogP contribution < -0.4 is 5.32 Å². The molecule has 2 atom stereocenters. The summed E-state index contributed by atoms with van der Waals surface area (Å²) >= 11 is 1.98. The van der Waals surface area contributed by atoms with Crippen LogP contribution in [-0.4, -0.2) is 40.6 Å². The van der Waals surface area contributed by atoms with Crippen molar-refractivity contribution in [2.45, 2.75) is 43.2 Å². The molecule has 2 fully saturated rings. The predicted octanol–water partition coefficient (Wildman–Crippen LogP) is 1.68. The van der Waals surface area contributed by atoms with Crippen molar-refractivity contribution < 1.29 is 4.79 Å². The minimum absolute atomic E-state index is 0.145. The number of nitrogens with one attached hydrogen (secondary N) is 1. The van der Waals surface area contributed by atoms with Crippen LogP contribution in [0.2, 0.25) is 0 Å². The molecule has 80 valence electrons. The number of thioether (sulfide) groups is 1. The van der Waals surface area contributed by atoms with E-state index in [9.17, 15) is 4.79 Å². The van der Waals surface area contributed by atoms with Gasteiger partial charge in [-0.2, -0.15) is 11.8 Å². The first-order valence-electron chi connectivity index (χ1n) is 5.36. The summed E-state index contributed by atoms with van der Waals surface area (Å²) in [7, 11) is 0. The molecule has 4 heteroatoms. The van der Waals surface area contributed by atoms with E-state index in [-0.39, 0.29) is 6.03 Å². The fourth-order valence-corrected chi connectivity index (χ4v) is 3.16. The molecule has 2 rings (SSSR count). The van der Waals surface area contributed by atoms with Crippen LogP contribution in [0, 0.1) is 0 Å². The zero-order valence-electron chi connectivity index (χ0n) is 8.82. The van der Waals surface area contributed by atoms with E-state index in [4.69, 9.17) is 0 Å². The molecule has 2 amide bonds. The third kappa shape index (κ3) is 2.56. The maximum atomic E-state index is 11.7. The zero-order valence-corrected chi connectivity index (χ0v) is 9.64. The number of nitrogens with zero attached hydrogens (tertiary/aromatic N) is 1. The van der Waals surface area contributed by atoms with E-state index < -0.39 is 0 Å². The molecule has 1 aliphatic carbocycles. The summed E-state index contributed by atoms with van der Waals surface area (Å²) in [6.45, 7) is 6.18. The van der Waals surface area contributed by atoms with Gasteiger partial charge in [-0.25, -0.2) is 4.79 Å². The van der Waals surface area contributed by atoms with Crippen LogP contribution in [-0.2, 0) is 0 Å². The molecule has 0 aromatic rings. The lowest BCUT2D eigenvalue weighted by atomic mass is 10.3. The highest BCUT2D eigenvalue weighted by Gasteiger charge is 2.29. The SMILES string of the molecule is CC1CN(C(=O)NC2CC2)CC(C)S1. The number of amides is 2. The first kappa shape index (κ1) is 10.1. The molecule has 1 aliphatic heterocycles. The van der Waals surface area contributed by atoms with Gasteiger partial charge >= 0.3 is 6.03 Å². The molecule has 1 saturated carbocycles. The average Bonchev–Trinajstić information content (AvgIpc) is 2.86. The Morgan fingerprint density at radius 1 is 1.29 bits per heavy atom. The normalized spacial score (nSPS) is 32.9. The molecular formula is C10H18N2OS. The van der Waals surface area contributed by atoms with E-state index in [1.807, 2.05) is 16.7 Å². The molecule has 14 heavy (non-hydrogen) atoms. The van der Waals surface area contributed by atoms with Gasteiger partial charge in [0.15, 0.2) is 0 Å². The lowest BCUT2D eigenvalue weighted by Crippen LogP contribution is -2.49. The number of rotatable bonds is 1. The molecule has 1 heterocycles. The van der Waals surface area contributed by atoms with Crippen LogP contribution in [0.5, 0.6) is 0 Å². The average molecular weight is 214 g/mol. The summed E-state index contributed by atoms with van der Waals surface area (Å²) in [5.41, 5.74) is 0. The molecule has 2 unspecified atom stereocenters. The highest BCUT2D eigenvalue weighted by molar-refractivity contribution is 8.00. The van der Waals surface area contributed by atoms with Gasteiger partial charge in [-0.3, -0.25) is 0 Å². The molecule has 1 N–H and O–H groups in total. The van der Waals surface area contributed by atoms with Crippen LogP contribution in [0.15, 0.2) is 0 Å². The largest absolute Gasteiger partial charge is 0.335 e. The Kier molecular flexibility index (Phi) is 2.91. The van der Waals surface area contributed by atoms with E-state index in [1.165, 1.54) is 12.8 Å². The summed E-state index contributed by atoms with van der Waals surface area (Å²) in [4.78, 5) is 13.7. The second-order valence-electron chi connectivity index (χ2n) is 4.39. The van der Waals surface area contributed by atoms with Crippen molar-refractivity contribution in [3.63, 3.8) is 0 Å². The smallest absolute Gasteiger partial charge is 0.317 e. The number of urea groups is 1. The summed E-state index contributed by atoms with van der Waals surface area (Å²) < 4.78 is 0. The van der Waals surface area contributed by atoms with Crippen LogP contribution >= 0.6 is 11.8 Å². The fraction of sp³-hybridized carbons (Fsp3) is 0.900. The van der Waals surface area contributed by atoms with Gasteiger partial charge in [0.2, 0.25) is 0 Å². The van der Waals surface area contributed by atoms with Crippen molar-refractivity contribution in [2.75, 3.05) is 13.1 Å². The molecule has 0 aromatic heterocycles. The zero-order chi connectivity index (χ0) is 10.1. The molecule has 0 spiro atoms. The van der Waals surface area contributed by atoms with E-state index in [0.29, 0.717) is 16.5 Å². The molecule has 3 nitrogen and oxygen atoms in total. The molecule has 0 radical (unpaired) electrons. The molecule has 1 saturated heterocycles. The van der Waals surface area contributed by atoms with Gasteiger partial charge in [0, 0.05) is 29.6 Å². The minimum Gasteiger partial charge on any atom is -0.335 e. The van der Waals surface area contributed by atoms with Crippen LogP contribution in [0.25, 0.3) is 0 Å². The van der Waals surface area contributed by atoms with E-state index in [1.54, 1.807) is 0 Å². The van der Waals surface area contributed by atoms with Crippen molar-refractivity contribution in [3.8, 4) is 0 Å². The van der Waals surface area contributed by atoms with Gasteiger partial charge in [-0.05, 0) is 12.8 Å². The van der Waals surface area contributed by atoms with Crippen molar-refractivity contribution in [2.24, 2.45) is 0 Å². The highest BCUT2D eigenvalue weighted by Crippen LogP contribution is 2.25. The van der Waals surface area contributed by atoms with Gasteiger partial charge in [0.25, 0.3) is 0 Å². The molecule has 0 bridgehead atoms. The number of hydrogen-bond acceptors (Lipinski definition) is 2. The fourth-order valence-electron chi connectivity index (χ4n) is 1.84. The summed E-state index contributed by atoms with van der Waals surface area (Å²) in [5, 5.41) is 4.19. The Bertz CT molecular complexity index is 220. The molecular weight excluding hydrogens is 196 g/mol.